The molecule has 0 bridgehead atoms. The van der Waals surface area contributed by atoms with Crippen molar-refractivity contribution in [1.82, 2.24) is 5.32 Å². The van der Waals surface area contributed by atoms with Gasteiger partial charge in [0.1, 0.15) is 0 Å². The summed E-state index contributed by atoms with van der Waals surface area (Å²) in [6.07, 6.45) is 7.08. The Bertz CT molecular complexity index is 558. The monoisotopic (exact) mass is 316 g/mol. The van der Waals surface area contributed by atoms with Crippen molar-refractivity contribution in [1.29, 1.82) is 0 Å². The summed E-state index contributed by atoms with van der Waals surface area (Å²) >= 11 is 0. The molecule has 5 nitrogen and oxygen atoms in total. The number of carbonyl (C=O) groups excluding carboxylic acids is 2. The van der Waals surface area contributed by atoms with Crippen LogP contribution >= 0.6 is 0 Å². The van der Waals surface area contributed by atoms with Gasteiger partial charge in [0.2, 0.25) is 11.8 Å². The molecular formula is C18H24N2O3. The average Bonchev–Trinajstić information content (AvgIpc) is 2.54. The summed E-state index contributed by atoms with van der Waals surface area (Å²) in [6, 6.07) is 7.50. The minimum absolute atomic E-state index is 0.0941. The maximum absolute atomic E-state index is 11.9. The fraction of sp³-hybridized carbons (Fsp3) is 0.444. The highest BCUT2D eigenvalue weighted by atomic mass is 16.3. The highest BCUT2D eigenvalue weighted by Crippen LogP contribution is 2.23. The van der Waals surface area contributed by atoms with Crippen LogP contribution in [0.15, 0.2) is 30.3 Å². The lowest BCUT2D eigenvalue weighted by atomic mass is 9.86. The first kappa shape index (κ1) is 17.2. The van der Waals surface area contributed by atoms with Crippen LogP contribution in [0.3, 0.4) is 0 Å². The largest absolute Gasteiger partial charge is 0.396 e. The highest BCUT2D eigenvalue weighted by Gasteiger charge is 2.21. The maximum Gasteiger partial charge on any atom is 0.244 e. The van der Waals surface area contributed by atoms with E-state index in [2.05, 4.69) is 10.6 Å². The van der Waals surface area contributed by atoms with Crippen molar-refractivity contribution in [2.75, 3.05) is 11.9 Å². The molecule has 5 heteroatoms. The van der Waals surface area contributed by atoms with E-state index in [1.54, 1.807) is 18.2 Å². The summed E-state index contributed by atoms with van der Waals surface area (Å²) in [6.45, 7) is 1.71. The number of nitrogens with one attached hydrogen (secondary N) is 2. The van der Waals surface area contributed by atoms with E-state index in [4.69, 9.17) is 5.11 Å². The fourth-order valence-electron chi connectivity index (χ4n) is 2.79. The number of hydrogen-bond donors (Lipinski definition) is 3. The average molecular weight is 316 g/mol. The first-order valence-corrected chi connectivity index (χ1v) is 8.04. The molecule has 0 heterocycles. The van der Waals surface area contributed by atoms with E-state index in [1.807, 2.05) is 12.1 Å². The predicted octanol–water partition coefficient (Wildman–Crippen LogP) is 2.33. The molecule has 1 aliphatic rings. The van der Waals surface area contributed by atoms with Gasteiger partial charge in [-0.3, -0.25) is 9.59 Å². The zero-order valence-corrected chi connectivity index (χ0v) is 13.4. The second kappa shape index (κ2) is 8.48. The van der Waals surface area contributed by atoms with Crippen molar-refractivity contribution in [3.8, 4) is 0 Å². The van der Waals surface area contributed by atoms with Crippen LogP contribution in [0.4, 0.5) is 5.69 Å². The molecule has 0 aliphatic heterocycles. The maximum atomic E-state index is 11.9. The Balaban J connectivity index is 1.80. The molecule has 0 aromatic heterocycles. The highest BCUT2D eigenvalue weighted by molar-refractivity contribution is 5.92. The van der Waals surface area contributed by atoms with Gasteiger partial charge in [-0.1, -0.05) is 12.1 Å². The molecule has 1 fully saturated rings. The summed E-state index contributed by atoms with van der Waals surface area (Å²) in [5.74, 6) is 0.188. The Morgan fingerprint density at radius 2 is 1.83 bits per heavy atom. The van der Waals surface area contributed by atoms with Gasteiger partial charge in [0.25, 0.3) is 0 Å². The van der Waals surface area contributed by atoms with E-state index >= 15 is 0 Å². The Labute approximate surface area is 136 Å². The molecule has 23 heavy (non-hydrogen) atoms. The number of carbonyl (C=O) groups is 2. The summed E-state index contributed by atoms with van der Waals surface area (Å²) in [4.78, 5) is 22.9. The lowest BCUT2D eigenvalue weighted by Crippen LogP contribution is -2.37. The number of hydrogen-bond acceptors (Lipinski definition) is 3. The van der Waals surface area contributed by atoms with E-state index in [-0.39, 0.29) is 24.5 Å². The molecule has 1 aromatic carbocycles. The van der Waals surface area contributed by atoms with Crippen LogP contribution in [0.1, 0.15) is 38.2 Å². The molecule has 0 saturated heterocycles. The normalized spacial score (nSPS) is 21.1. The van der Waals surface area contributed by atoms with Gasteiger partial charge in [0.15, 0.2) is 0 Å². The van der Waals surface area contributed by atoms with Gasteiger partial charge < -0.3 is 15.7 Å². The molecule has 0 atom stereocenters. The van der Waals surface area contributed by atoms with Crippen LogP contribution < -0.4 is 10.6 Å². The van der Waals surface area contributed by atoms with Crippen LogP contribution in [-0.4, -0.2) is 29.6 Å². The molecule has 1 aromatic rings. The molecule has 2 rings (SSSR count). The number of amides is 2. The van der Waals surface area contributed by atoms with E-state index in [9.17, 15) is 9.59 Å². The second-order valence-electron chi connectivity index (χ2n) is 6.05. The van der Waals surface area contributed by atoms with Crippen molar-refractivity contribution in [2.45, 2.75) is 38.6 Å². The van der Waals surface area contributed by atoms with Crippen molar-refractivity contribution >= 4 is 23.6 Å². The molecule has 1 saturated carbocycles. The first-order chi connectivity index (χ1) is 11.1. The Kier molecular flexibility index (Phi) is 6.35. The molecular weight excluding hydrogens is 292 g/mol. The lowest BCUT2D eigenvalue weighted by molar-refractivity contribution is -0.117. The van der Waals surface area contributed by atoms with Gasteiger partial charge in [-0.05, 0) is 55.4 Å². The third-order valence-corrected chi connectivity index (χ3v) is 4.11. The van der Waals surface area contributed by atoms with Crippen LogP contribution in [0.2, 0.25) is 0 Å². The zero-order valence-electron chi connectivity index (χ0n) is 13.4. The molecule has 1 aliphatic carbocycles. The van der Waals surface area contributed by atoms with Gasteiger partial charge in [-0.2, -0.15) is 0 Å². The Hall–Kier alpha value is -2.14. The Morgan fingerprint density at radius 1 is 1.17 bits per heavy atom. The zero-order chi connectivity index (χ0) is 16.7. The molecule has 3 N–H and O–H groups in total. The van der Waals surface area contributed by atoms with Gasteiger partial charge >= 0.3 is 0 Å². The van der Waals surface area contributed by atoms with Crippen molar-refractivity contribution in [3.05, 3.63) is 35.9 Å². The topological polar surface area (TPSA) is 78.4 Å². The predicted molar refractivity (Wildman–Crippen MR) is 90.8 cm³/mol. The van der Waals surface area contributed by atoms with Gasteiger partial charge in [-0.15, -0.1) is 0 Å². The van der Waals surface area contributed by atoms with Crippen molar-refractivity contribution < 1.29 is 14.7 Å². The number of rotatable bonds is 5. The van der Waals surface area contributed by atoms with Crippen molar-refractivity contribution in [3.63, 3.8) is 0 Å². The minimum atomic E-state index is -0.108. The lowest BCUT2D eigenvalue weighted by Gasteiger charge is -2.27. The smallest absolute Gasteiger partial charge is 0.244 e. The van der Waals surface area contributed by atoms with Crippen LogP contribution in [0.25, 0.3) is 6.08 Å². The quantitative estimate of drug-likeness (QED) is 0.730. The third-order valence-electron chi connectivity index (χ3n) is 4.11. The number of aliphatic hydroxyl groups is 1. The summed E-state index contributed by atoms with van der Waals surface area (Å²) < 4.78 is 0. The second-order valence-corrected chi connectivity index (χ2v) is 6.05. The van der Waals surface area contributed by atoms with Crippen molar-refractivity contribution in [2.24, 2.45) is 5.92 Å². The van der Waals surface area contributed by atoms with Crippen LogP contribution in [0, 0.1) is 5.92 Å². The fourth-order valence-corrected chi connectivity index (χ4v) is 2.79. The molecule has 0 unspecified atom stereocenters. The summed E-state index contributed by atoms with van der Waals surface area (Å²) in [5, 5.41) is 14.8. The first-order valence-electron chi connectivity index (χ1n) is 8.04. The number of benzene rings is 1. The van der Waals surface area contributed by atoms with E-state index < -0.39 is 0 Å². The van der Waals surface area contributed by atoms with Gasteiger partial charge in [-0.25, -0.2) is 0 Å². The standard InChI is InChI=1S/C18H24N2O3/c1-13(22)19-16-7-2-14(3-8-16)6-11-18(23)20-17-9-4-15(12-21)5-10-17/h2-3,6-8,11,15,17,21H,4-5,9-10,12H2,1H3,(H,19,22)(H,20,23)/b11-6+. The molecule has 0 spiro atoms. The molecule has 124 valence electrons. The third kappa shape index (κ3) is 5.87. The Morgan fingerprint density at radius 3 is 2.39 bits per heavy atom. The minimum Gasteiger partial charge on any atom is -0.396 e. The number of anilines is 1. The summed E-state index contributed by atoms with van der Waals surface area (Å²) in [5.41, 5.74) is 1.64. The van der Waals surface area contributed by atoms with E-state index in [1.165, 1.54) is 13.0 Å². The van der Waals surface area contributed by atoms with Crippen LogP contribution in [-0.2, 0) is 9.59 Å². The van der Waals surface area contributed by atoms with Gasteiger partial charge in [0, 0.05) is 31.3 Å². The van der Waals surface area contributed by atoms with Gasteiger partial charge in [0.05, 0.1) is 0 Å². The van der Waals surface area contributed by atoms with Crippen LogP contribution in [0.5, 0.6) is 0 Å². The number of aliphatic hydroxyl groups excluding tert-OH is 1. The molecule has 0 radical (unpaired) electrons. The van der Waals surface area contributed by atoms with E-state index in [0.29, 0.717) is 5.92 Å². The SMILES string of the molecule is CC(=O)Nc1ccc(/C=C/C(=O)NC2CCC(CO)CC2)cc1. The summed E-state index contributed by atoms with van der Waals surface area (Å²) in [7, 11) is 0. The molecule has 2 amide bonds. The van der Waals surface area contributed by atoms with E-state index in [0.717, 1.165) is 36.9 Å².